The van der Waals surface area contributed by atoms with Gasteiger partial charge in [0.15, 0.2) is 0 Å². The second-order valence-corrected chi connectivity index (χ2v) is 16.4. The van der Waals surface area contributed by atoms with Crippen molar-refractivity contribution in [3.05, 3.63) is 121 Å². The van der Waals surface area contributed by atoms with Crippen LogP contribution in [-0.2, 0) is 26.4 Å². The van der Waals surface area contributed by atoms with Gasteiger partial charge in [-0.25, -0.2) is 16.8 Å². The van der Waals surface area contributed by atoms with Crippen LogP contribution in [0.1, 0.15) is 38.4 Å². The Kier molecular flexibility index (Phi) is 12.5. The van der Waals surface area contributed by atoms with Gasteiger partial charge in [0.25, 0.3) is 43.0 Å². The monoisotopic (exact) mass is 798 g/mol. The van der Waals surface area contributed by atoms with Crippen LogP contribution >= 0.6 is 11.3 Å². The Morgan fingerprint density at radius 1 is 0.887 bits per heavy atom. The second-order valence-electron chi connectivity index (χ2n) is 11.1. The SMILES string of the molecule is NC(=O)c1ccccc1[N+](=O)[O-].O=C(NCc1ccc(S(=O)(=O)N2CCC(Nc3cccc(S(=O)(=O)C(F)(F)F)c3)CC2)s1)c1ccc([N+](=O)[O-])cc1. The molecular formula is C31H29F3N6O10S3. The second kappa shape index (κ2) is 16.5. The number of nitro benzene ring substituents is 2. The first-order valence-corrected chi connectivity index (χ1v) is 18.9. The number of carbonyl (C=O) groups is 2. The number of benzene rings is 3. The fraction of sp³-hybridized carbons (Fsp3) is 0.226. The van der Waals surface area contributed by atoms with Gasteiger partial charge >= 0.3 is 5.51 Å². The number of hydrogen-bond donors (Lipinski definition) is 3. The predicted octanol–water partition coefficient (Wildman–Crippen LogP) is 4.84. The zero-order chi connectivity index (χ0) is 39.1. The van der Waals surface area contributed by atoms with Gasteiger partial charge in [0, 0.05) is 53.5 Å². The summed E-state index contributed by atoms with van der Waals surface area (Å²) >= 11 is 0.988. The van der Waals surface area contributed by atoms with Gasteiger partial charge < -0.3 is 16.4 Å². The summed E-state index contributed by atoms with van der Waals surface area (Å²) in [5.41, 5.74) is -0.606. The number of nitro groups is 2. The van der Waals surface area contributed by atoms with Gasteiger partial charge in [-0.3, -0.25) is 29.8 Å². The van der Waals surface area contributed by atoms with E-state index < -0.39 is 51.9 Å². The van der Waals surface area contributed by atoms with Crippen LogP contribution in [0.25, 0.3) is 0 Å². The first kappa shape index (κ1) is 40.3. The number of nitrogens with two attached hydrogens (primary N) is 1. The smallest absolute Gasteiger partial charge is 0.382 e. The molecule has 16 nitrogen and oxygen atoms in total. The van der Waals surface area contributed by atoms with Crippen molar-refractivity contribution in [1.82, 2.24) is 9.62 Å². The van der Waals surface area contributed by atoms with E-state index in [1.165, 1.54) is 71.0 Å². The van der Waals surface area contributed by atoms with Crippen LogP contribution in [0.4, 0.5) is 30.2 Å². The van der Waals surface area contributed by atoms with E-state index in [-0.39, 0.29) is 58.1 Å². The van der Waals surface area contributed by atoms with E-state index in [4.69, 9.17) is 5.73 Å². The molecule has 1 aliphatic heterocycles. The van der Waals surface area contributed by atoms with E-state index >= 15 is 0 Å². The number of carbonyl (C=O) groups excluding carboxylic acids is 2. The number of alkyl halides is 3. The molecule has 1 aliphatic rings. The number of sulfone groups is 1. The first-order chi connectivity index (χ1) is 24.8. The molecule has 1 fully saturated rings. The Bertz CT molecular complexity index is 2190. The number of piperidine rings is 1. The molecule has 2 heterocycles. The molecule has 0 unspecified atom stereocenters. The van der Waals surface area contributed by atoms with E-state index in [0.717, 1.165) is 23.5 Å². The predicted molar refractivity (Wildman–Crippen MR) is 185 cm³/mol. The molecular weight excluding hydrogens is 770 g/mol. The molecule has 0 radical (unpaired) electrons. The number of rotatable bonds is 11. The molecule has 0 aliphatic carbocycles. The van der Waals surface area contributed by atoms with Crippen LogP contribution in [-0.4, -0.2) is 67.4 Å². The summed E-state index contributed by atoms with van der Waals surface area (Å²) in [4.78, 5) is 42.5. The molecule has 0 spiro atoms. The van der Waals surface area contributed by atoms with E-state index in [1.807, 2.05) is 0 Å². The number of anilines is 1. The van der Waals surface area contributed by atoms with Crippen LogP contribution in [0.5, 0.6) is 0 Å². The summed E-state index contributed by atoms with van der Waals surface area (Å²) in [7, 11) is -9.34. The highest BCUT2D eigenvalue weighted by molar-refractivity contribution is 7.92. The molecule has 5 rings (SSSR count). The Labute approximate surface area is 303 Å². The van der Waals surface area contributed by atoms with Gasteiger partial charge in [0.2, 0.25) is 0 Å². The van der Waals surface area contributed by atoms with E-state index in [1.54, 1.807) is 6.07 Å². The third-order valence-corrected chi connectivity index (χ3v) is 12.6. The largest absolute Gasteiger partial charge is 0.501 e. The molecule has 1 saturated heterocycles. The lowest BCUT2D eigenvalue weighted by molar-refractivity contribution is -0.385. The quantitative estimate of drug-likeness (QED) is 0.137. The number of sulfonamides is 1. The van der Waals surface area contributed by atoms with Crippen LogP contribution in [0, 0.1) is 20.2 Å². The number of thiophene rings is 1. The van der Waals surface area contributed by atoms with Gasteiger partial charge in [-0.05, 0) is 61.4 Å². The minimum atomic E-state index is -5.50. The van der Waals surface area contributed by atoms with Gasteiger partial charge in [-0.15, -0.1) is 11.3 Å². The van der Waals surface area contributed by atoms with Crippen molar-refractivity contribution < 1.29 is 49.4 Å². The molecule has 1 aromatic heterocycles. The lowest BCUT2D eigenvalue weighted by Crippen LogP contribution is -2.42. The van der Waals surface area contributed by atoms with Crippen molar-refractivity contribution in [1.29, 1.82) is 0 Å². The number of hydrogen-bond acceptors (Lipinski definition) is 12. The maximum absolute atomic E-state index is 13.2. The van der Waals surface area contributed by atoms with E-state index in [0.29, 0.717) is 17.7 Å². The fourth-order valence-electron chi connectivity index (χ4n) is 4.93. The Balaban J connectivity index is 0.000000443. The first-order valence-electron chi connectivity index (χ1n) is 15.1. The lowest BCUT2D eigenvalue weighted by Gasteiger charge is -2.31. The van der Waals surface area contributed by atoms with Crippen LogP contribution in [0.15, 0.2) is 94.0 Å². The third kappa shape index (κ3) is 9.91. The number of primary amides is 1. The maximum Gasteiger partial charge on any atom is 0.501 e. The normalized spacial score (nSPS) is 14.0. The summed E-state index contributed by atoms with van der Waals surface area (Å²) in [6.45, 7) is 0.306. The Morgan fingerprint density at radius 3 is 2.09 bits per heavy atom. The van der Waals surface area contributed by atoms with E-state index in [9.17, 15) is 59.8 Å². The average Bonchev–Trinajstić information content (AvgIpc) is 3.61. The van der Waals surface area contributed by atoms with Gasteiger partial charge in [-0.1, -0.05) is 18.2 Å². The van der Waals surface area contributed by atoms with Crippen molar-refractivity contribution in [3.63, 3.8) is 0 Å². The van der Waals surface area contributed by atoms with Gasteiger partial charge in [-0.2, -0.15) is 17.5 Å². The zero-order valence-electron chi connectivity index (χ0n) is 27.1. The molecule has 53 heavy (non-hydrogen) atoms. The van der Waals surface area contributed by atoms with Gasteiger partial charge in [0.1, 0.15) is 9.77 Å². The fourth-order valence-corrected chi connectivity index (χ4v) is 8.65. The summed E-state index contributed by atoms with van der Waals surface area (Å²) in [5.74, 6) is -1.27. The van der Waals surface area contributed by atoms with Crippen molar-refractivity contribution in [2.24, 2.45) is 5.73 Å². The van der Waals surface area contributed by atoms with Crippen molar-refractivity contribution in [2.75, 3.05) is 18.4 Å². The molecule has 282 valence electrons. The number of para-hydroxylation sites is 1. The number of nitrogens with zero attached hydrogens (tertiary/aromatic N) is 3. The van der Waals surface area contributed by atoms with Gasteiger partial charge in [0.05, 0.1) is 21.3 Å². The molecule has 4 aromatic rings. The molecule has 4 N–H and O–H groups in total. The number of amides is 2. The third-order valence-electron chi connectivity index (χ3n) is 7.63. The zero-order valence-corrected chi connectivity index (χ0v) is 29.5. The molecule has 2 amide bonds. The van der Waals surface area contributed by atoms with Crippen molar-refractivity contribution in [2.45, 2.75) is 40.0 Å². The molecule has 22 heteroatoms. The molecule has 3 aromatic carbocycles. The highest BCUT2D eigenvalue weighted by Crippen LogP contribution is 2.32. The van der Waals surface area contributed by atoms with Crippen LogP contribution < -0.4 is 16.4 Å². The van der Waals surface area contributed by atoms with Crippen molar-refractivity contribution in [3.8, 4) is 0 Å². The average molecular weight is 799 g/mol. The Morgan fingerprint density at radius 2 is 1.53 bits per heavy atom. The van der Waals surface area contributed by atoms with E-state index in [2.05, 4.69) is 10.6 Å². The molecule has 0 bridgehead atoms. The number of halogens is 3. The molecule has 0 saturated carbocycles. The summed E-state index contributed by atoms with van der Waals surface area (Å²) < 4.78 is 89.7. The minimum absolute atomic E-state index is 0.0468. The minimum Gasteiger partial charge on any atom is -0.382 e. The lowest BCUT2D eigenvalue weighted by atomic mass is 10.1. The summed E-state index contributed by atoms with van der Waals surface area (Å²) in [6.07, 6.45) is 0.665. The topological polar surface area (TPSA) is 242 Å². The Hall–Kier alpha value is -5.45. The van der Waals surface area contributed by atoms with Crippen LogP contribution in [0.2, 0.25) is 0 Å². The van der Waals surface area contributed by atoms with Crippen LogP contribution in [0.3, 0.4) is 0 Å². The van der Waals surface area contributed by atoms with Crippen molar-refractivity contribution >= 4 is 60.1 Å². The maximum atomic E-state index is 13.2. The highest BCUT2D eigenvalue weighted by Gasteiger charge is 2.47. The standard InChI is InChI=1S/C24H23F3N4O7S3.C7H6N2O3/c25-24(26,27)40(35,36)21-3-1-2-18(14-21)29-17-10-12-30(13-11-17)41(37,38)22-9-8-20(39-22)15-28-23(32)16-4-6-19(7-5-16)31(33)34;8-7(10)5-3-1-2-4-6(5)9(11)12/h1-9,14,17,29H,10-13,15H2,(H,28,32);1-4H,(H2,8,10). The summed E-state index contributed by atoms with van der Waals surface area (Å²) in [5, 5.41) is 26.7. The highest BCUT2D eigenvalue weighted by atomic mass is 32.2. The molecule has 0 atom stereocenters. The summed E-state index contributed by atoms with van der Waals surface area (Å²) in [6, 6.07) is 17.7. The number of nitrogens with one attached hydrogen (secondary N) is 2. The number of non-ortho nitro benzene ring substituents is 1.